The number of nitrogens with zero attached hydrogens (tertiary/aromatic N) is 3. The zero-order valence-electron chi connectivity index (χ0n) is 16.5. The highest BCUT2D eigenvalue weighted by atomic mass is 35.5. The Labute approximate surface area is 184 Å². The van der Waals surface area contributed by atoms with Crippen LogP contribution in [0, 0.1) is 10.1 Å². The van der Waals surface area contributed by atoms with Crippen molar-refractivity contribution < 1.29 is 27.6 Å². The summed E-state index contributed by atoms with van der Waals surface area (Å²) in [5.74, 6) is 0.0223. The molecule has 32 heavy (non-hydrogen) atoms. The van der Waals surface area contributed by atoms with Crippen molar-refractivity contribution in [1.82, 2.24) is 9.97 Å². The first kappa shape index (κ1) is 22.9. The third-order valence-corrected chi connectivity index (χ3v) is 4.48. The van der Waals surface area contributed by atoms with E-state index in [1.807, 2.05) is 0 Å². The molecule has 0 atom stereocenters. The van der Waals surface area contributed by atoms with Crippen molar-refractivity contribution in [2.75, 3.05) is 24.9 Å². The molecule has 0 bridgehead atoms. The van der Waals surface area contributed by atoms with Crippen molar-refractivity contribution >= 4 is 40.3 Å². The maximum absolute atomic E-state index is 13.0. The fourth-order valence-corrected chi connectivity index (χ4v) is 2.97. The molecular weight excluding hydrogens is 455 g/mol. The molecule has 1 aromatic heterocycles. The summed E-state index contributed by atoms with van der Waals surface area (Å²) in [5.41, 5.74) is -1.32. The number of nitro groups is 1. The number of methoxy groups -OCH3 is 2. The van der Waals surface area contributed by atoms with Crippen molar-refractivity contribution in [2.24, 2.45) is 0 Å². The van der Waals surface area contributed by atoms with Gasteiger partial charge in [-0.05, 0) is 24.3 Å². The first-order valence-electron chi connectivity index (χ1n) is 8.76. The van der Waals surface area contributed by atoms with Gasteiger partial charge >= 0.3 is 11.9 Å². The molecule has 0 unspecified atom stereocenters. The van der Waals surface area contributed by atoms with Crippen molar-refractivity contribution in [3.63, 3.8) is 0 Å². The Hall–Kier alpha value is -3.80. The number of rotatable bonds is 7. The number of alkyl halides is 3. The third-order valence-electron chi connectivity index (χ3n) is 4.18. The number of halogens is 4. The molecule has 0 aliphatic carbocycles. The van der Waals surface area contributed by atoms with E-state index in [4.69, 9.17) is 21.1 Å². The summed E-state index contributed by atoms with van der Waals surface area (Å²) < 4.78 is 49.3. The Morgan fingerprint density at radius 2 is 1.69 bits per heavy atom. The van der Waals surface area contributed by atoms with E-state index in [9.17, 15) is 23.3 Å². The molecule has 0 aliphatic heterocycles. The highest BCUT2D eigenvalue weighted by Crippen LogP contribution is 2.40. The van der Waals surface area contributed by atoms with Gasteiger partial charge in [-0.15, -0.1) is 0 Å². The Morgan fingerprint density at radius 1 is 1.03 bits per heavy atom. The lowest BCUT2D eigenvalue weighted by atomic mass is 10.2. The van der Waals surface area contributed by atoms with Crippen LogP contribution in [-0.4, -0.2) is 29.1 Å². The minimum atomic E-state index is -4.58. The van der Waals surface area contributed by atoms with E-state index in [1.54, 1.807) is 0 Å². The summed E-state index contributed by atoms with van der Waals surface area (Å²) in [6, 6.07) is 7.07. The van der Waals surface area contributed by atoms with E-state index in [-0.39, 0.29) is 33.8 Å². The quantitative estimate of drug-likeness (QED) is 0.341. The van der Waals surface area contributed by atoms with Gasteiger partial charge in [0.2, 0.25) is 11.6 Å². The summed E-state index contributed by atoms with van der Waals surface area (Å²) in [6.45, 7) is 0. The highest BCUT2D eigenvalue weighted by molar-refractivity contribution is 6.32. The molecule has 3 rings (SSSR count). The molecule has 2 aromatic carbocycles. The smallest absolute Gasteiger partial charge is 0.416 e. The zero-order valence-corrected chi connectivity index (χ0v) is 17.3. The molecule has 0 fully saturated rings. The van der Waals surface area contributed by atoms with Crippen LogP contribution < -0.4 is 20.1 Å². The lowest BCUT2D eigenvalue weighted by molar-refractivity contribution is -0.383. The lowest BCUT2D eigenvalue weighted by Crippen LogP contribution is -2.08. The first-order chi connectivity index (χ1) is 15.1. The molecule has 0 saturated heterocycles. The van der Waals surface area contributed by atoms with E-state index in [1.165, 1.54) is 38.5 Å². The van der Waals surface area contributed by atoms with Gasteiger partial charge in [-0.25, -0.2) is 9.97 Å². The largest absolute Gasteiger partial charge is 0.495 e. The molecule has 0 saturated carbocycles. The predicted molar refractivity (Wildman–Crippen MR) is 111 cm³/mol. The number of ether oxygens (including phenoxy) is 2. The molecule has 168 valence electrons. The maximum Gasteiger partial charge on any atom is 0.416 e. The number of hydrogen-bond acceptors (Lipinski definition) is 8. The van der Waals surface area contributed by atoms with E-state index in [2.05, 4.69) is 20.6 Å². The monoisotopic (exact) mass is 469 g/mol. The van der Waals surface area contributed by atoms with Crippen LogP contribution in [0.3, 0.4) is 0 Å². The Morgan fingerprint density at radius 3 is 2.28 bits per heavy atom. The maximum atomic E-state index is 13.0. The van der Waals surface area contributed by atoms with Gasteiger partial charge in [0.15, 0.2) is 0 Å². The Bertz CT molecular complexity index is 1160. The van der Waals surface area contributed by atoms with Crippen LogP contribution >= 0.6 is 11.6 Å². The summed E-state index contributed by atoms with van der Waals surface area (Å²) in [7, 11) is 2.79. The molecular formula is C19H15ClF3N5O4. The predicted octanol–water partition coefficient (Wildman–Crippen LogP) is 5.56. The van der Waals surface area contributed by atoms with Crippen LogP contribution in [0.4, 0.5) is 41.9 Å². The number of anilines is 4. The average molecular weight is 470 g/mol. The molecule has 0 amide bonds. The van der Waals surface area contributed by atoms with Gasteiger partial charge in [0, 0.05) is 11.8 Å². The SMILES string of the molecule is COc1cc(OC)c(Nc2ncnc(Nc3cccc(C(F)(F)F)c3)c2[N+](=O)[O-])cc1Cl. The number of benzene rings is 2. The zero-order chi connectivity index (χ0) is 23.5. The third kappa shape index (κ3) is 4.91. The van der Waals surface area contributed by atoms with Crippen molar-refractivity contribution in [1.29, 1.82) is 0 Å². The Balaban J connectivity index is 2.01. The minimum absolute atomic E-state index is 0.0438. The number of nitrogens with one attached hydrogen (secondary N) is 2. The van der Waals surface area contributed by atoms with Crippen LogP contribution in [-0.2, 0) is 6.18 Å². The first-order valence-corrected chi connectivity index (χ1v) is 9.14. The molecule has 1 heterocycles. The van der Waals surface area contributed by atoms with Gasteiger partial charge in [-0.1, -0.05) is 17.7 Å². The summed E-state index contributed by atoms with van der Waals surface area (Å²) >= 11 is 6.13. The molecule has 0 spiro atoms. The van der Waals surface area contributed by atoms with Gasteiger partial charge in [0.25, 0.3) is 0 Å². The van der Waals surface area contributed by atoms with Gasteiger partial charge in [-0.2, -0.15) is 13.2 Å². The van der Waals surface area contributed by atoms with E-state index >= 15 is 0 Å². The van der Waals surface area contributed by atoms with Gasteiger partial charge < -0.3 is 20.1 Å². The van der Waals surface area contributed by atoms with Crippen molar-refractivity contribution in [2.45, 2.75) is 6.18 Å². The molecule has 3 aromatic rings. The van der Waals surface area contributed by atoms with Gasteiger partial charge in [0.1, 0.15) is 17.8 Å². The van der Waals surface area contributed by atoms with Crippen molar-refractivity contribution in [3.8, 4) is 11.5 Å². The molecule has 9 nitrogen and oxygen atoms in total. The van der Waals surface area contributed by atoms with Gasteiger partial charge in [0.05, 0.1) is 35.4 Å². The fraction of sp³-hybridized carbons (Fsp3) is 0.158. The summed E-state index contributed by atoms with van der Waals surface area (Å²) in [6.07, 6.45) is -3.56. The molecule has 13 heteroatoms. The highest BCUT2D eigenvalue weighted by Gasteiger charge is 2.31. The van der Waals surface area contributed by atoms with Crippen molar-refractivity contribution in [3.05, 3.63) is 63.4 Å². The van der Waals surface area contributed by atoms with Crippen LogP contribution in [0.1, 0.15) is 5.56 Å². The summed E-state index contributed by atoms with van der Waals surface area (Å²) in [4.78, 5) is 18.7. The molecule has 0 radical (unpaired) electrons. The van der Waals surface area contributed by atoms with Crippen LogP contribution in [0.15, 0.2) is 42.7 Å². The van der Waals surface area contributed by atoms with E-state index in [0.29, 0.717) is 5.75 Å². The van der Waals surface area contributed by atoms with E-state index in [0.717, 1.165) is 18.5 Å². The van der Waals surface area contributed by atoms with Gasteiger partial charge in [-0.3, -0.25) is 10.1 Å². The standard InChI is InChI=1S/C19H15ClF3N5O4/c1-31-14-8-15(32-2)13(7-12(14)20)27-18-16(28(29)30)17(24-9-25-18)26-11-5-3-4-10(6-11)19(21,22)23/h3-9H,1-2H3,(H2,24,25,26,27). The topological polar surface area (TPSA) is 111 Å². The second-order valence-corrected chi connectivity index (χ2v) is 6.60. The van der Waals surface area contributed by atoms with Crippen LogP contribution in [0.25, 0.3) is 0 Å². The van der Waals surface area contributed by atoms with Crippen LogP contribution in [0.5, 0.6) is 11.5 Å². The second-order valence-electron chi connectivity index (χ2n) is 6.19. The van der Waals surface area contributed by atoms with E-state index < -0.39 is 22.4 Å². The van der Waals surface area contributed by atoms with Crippen LogP contribution in [0.2, 0.25) is 5.02 Å². The lowest BCUT2D eigenvalue weighted by Gasteiger charge is -2.14. The summed E-state index contributed by atoms with van der Waals surface area (Å²) in [5, 5.41) is 17.3. The normalized spacial score (nSPS) is 11.1. The second kappa shape index (κ2) is 9.14. The molecule has 2 N–H and O–H groups in total. The molecule has 0 aliphatic rings. The fourth-order valence-electron chi connectivity index (χ4n) is 2.73. The minimum Gasteiger partial charge on any atom is -0.495 e. The average Bonchev–Trinajstić information content (AvgIpc) is 2.73. The number of hydrogen-bond donors (Lipinski definition) is 2. The number of aromatic nitrogens is 2. The Kier molecular flexibility index (Phi) is 6.53.